The normalized spacial score (nSPS) is 11.6. The van der Waals surface area contributed by atoms with Crippen LogP contribution in [0.25, 0.3) is 11.0 Å². The van der Waals surface area contributed by atoms with Gasteiger partial charge in [0.05, 0.1) is 6.54 Å². The van der Waals surface area contributed by atoms with Gasteiger partial charge in [-0.05, 0) is 52.8 Å². The number of rotatable bonds is 4. The first-order chi connectivity index (χ1) is 11.1. The van der Waals surface area contributed by atoms with Gasteiger partial charge in [0.1, 0.15) is 5.58 Å². The second kappa shape index (κ2) is 6.97. The Labute approximate surface area is 150 Å². The zero-order chi connectivity index (χ0) is 18.1. The number of benzene rings is 1. The van der Waals surface area contributed by atoms with E-state index in [1.165, 1.54) is 4.90 Å². The van der Waals surface area contributed by atoms with Crippen molar-refractivity contribution in [2.75, 3.05) is 13.1 Å². The number of nitrogens with one attached hydrogen (secondary N) is 1. The van der Waals surface area contributed by atoms with Gasteiger partial charge in [-0.15, -0.1) is 0 Å². The highest BCUT2D eigenvalue weighted by Gasteiger charge is 2.25. The third kappa shape index (κ3) is 4.17. The predicted octanol–water partition coefficient (Wildman–Crippen LogP) is 3.88. The fourth-order valence-corrected chi connectivity index (χ4v) is 2.86. The van der Waals surface area contributed by atoms with Crippen molar-refractivity contribution in [2.24, 2.45) is 0 Å². The molecule has 1 aromatic carbocycles. The molecule has 2 rings (SSSR count). The molecule has 0 aliphatic heterocycles. The van der Waals surface area contributed by atoms with Gasteiger partial charge >= 0.3 is 0 Å². The van der Waals surface area contributed by atoms with Crippen LogP contribution in [0.3, 0.4) is 0 Å². The van der Waals surface area contributed by atoms with E-state index < -0.39 is 0 Å². The highest BCUT2D eigenvalue weighted by atomic mass is 79.9. The number of carbonyl (C=O) groups excluding carboxylic acids is 2. The predicted molar refractivity (Wildman–Crippen MR) is 98.1 cm³/mol. The summed E-state index contributed by atoms with van der Waals surface area (Å²) in [5.74, 6) is -0.172. The zero-order valence-corrected chi connectivity index (χ0v) is 16.3. The van der Waals surface area contributed by atoms with Crippen molar-refractivity contribution in [3.8, 4) is 0 Å². The van der Waals surface area contributed by atoms with Gasteiger partial charge in [-0.1, -0.05) is 15.9 Å². The molecule has 1 N–H and O–H groups in total. The summed E-state index contributed by atoms with van der Waals surface area (Å²) < 4.78 is 6.66. The first-order valence-corrected chi connectivity index (χ1v) is 8.70. The highest BCUT2D eigenvalue weighted by Crippen LogP contribution is 2.28. The fraction of sp³-hybridized carbons (Fsp3) is 0.444. The SMILES string of the molecule is CCN(CC(=O)NC(C)(C)C)C(=O)c1oc2ccc(Br)cc2c1C. The number of furan rings is 1. The van der Waals surface area contributed by atoms with Crippen molar-refractivity contribution in [3.05, 3.63) is 34.0 Å². The van der Waals surface area contributed by atoms with Crippen LogP contribution in [0.15, 0.2) is 27.1 Å². The molecule has 24 heavy (non-hydrogen) atoms. The van der Waals surface area contributed by atoms with Crippen molar-refractivity contribution in [3.63, 3.8) is 0 Å². The molecule has 1 heterocycles. The molecule has 0 spiro atoms. The molecule has 2 aromatic rings. The molecule has 0 bridgehead atoms. The average Bonchev–Trinajstić information content (AvgIpc) is 2.79. The van der Waals surface area contributed by atoms with Gasteiger partial charge in [0.25, 0.3) is 5.91 Å². The molecule has 1 aromatic heterocycles. The van der Waals surface area contributed by atoms with E-state index in [9.17, 15) is 9.59 Å². The minimum Gasteiger partial charge on any atom is -0.451 e. The molecule has 0 radical (unpaired) electrons. The summed E-state index contributed by atoms with van der Waals surface area (Å²) in [5, 5.41) is 3.76. The number of hydrogen-bond acceptors (Lipinski definition) is 3. The lowest BCUT2D eigenvalue weighted by molar-refractivity contribution is -0.123. The summed E-state index contributed by atoms with van der Waals surface area (Å²) in [4.78, 5) is 26.4. The minimum absolute atomic E-state index is 0.00673. The number of fused-ring (bicyclic) bond motifs is 1. The van der Waals surface area contributed by atoms with E-state index in [1.54, 1.807) is 0 Å². The quantitative estimate of drug-likeness (QED) is 0.855. The fourth-order valence-electron chi connectivity index (χ4n) is 2.50. The van der Waals surface area contributed by atoms with Crippen LogP contribution in [0.4, 0.5) is 0 Å². The monoisotopic (exact) mass is 394 g/mol. The first-order valence-electron chi connectivity index (χ1n) is 7.91. The van der Waals surface area contributed by atoms with Crippen molar-refractivity contribution in [1.29, 1.82) is 0 Å². The summed E-state index contributed by atoms with van der Waals surface area (Å²) >= 11 is 3.43. The largest absolute Gasteiger partial charge is 0.451 e. The molecule has 0 atom stereocenters. The van der Waals surface area contributed by atoms with Gasteiger partial charge in [0.15, 0.2) is 5.76 Å². The lowest BCUT2D eigenvalue weighted by Gasteiger charge is -2.24. The maximum Gasteiger partial charge on any atom is 0.290 e. The van der Waals surface area contributed by atoms with Crippen LogP contribution >= 0.6 is 15.9 Å². The summed E-state index contributed by atoms with van der Waals surface area (Å²) in [6.45, 7) is 9.85. The molecule has 130 valence electrons. The van der Waals surface area contributed by atoms with Crippen molar-refractivity contribution >= 4 is 38.7 Å². The van der Waals surface area contributed by atoms with E-state index in [0.717, 1.165) is 15.4 Å². The van der Waals surface area contributed by atoms with Crippen LogP contribution in [0.5, 0.6) is 0 Å². The van der Waals surface area contributed by atoms with Gasteiger partial charge < -0.3 is 14.6 Å². The first kappa shape index (κ1) is 18.5. The third-order valence-corrected chi connectivity index (χ3v) is 4.10. The van der Waals surface area contributed by atoms with Crippen molar-refractivity contribution in [2.45, 2.75) is 40.2 Å². The zero-order valence-electron chi connectivity index (χ0n) is 14.7. The highest BCUT2D eigenvalue weighted by molar-refractivity contribution is 9.10. The van der Waals surface area contributed by atoms with Crippen LogP contribution < -0.4 is 5.32 Å². The van der Waals surface area contributed by atoms with E-state index in [2.05, 4.69) is 21.2 Å². The molecule has 0 fully saturated rings. The minimum atomic E-state index is -0.332. The summed E-state index contributed by atoms with van der Waals surface area (Å²) in [6, 6.07) is 5.62. The van der Waals surface area contributed by atoms with E-state index in [0.29, 0.717) is 12.1 Å². The number of aryl methyl sites for hydroxylation is 1. The van der Waals surface area contributed by atoms with Crippen LogP contribution in [0, 0.1) is 6.92 Å². The standard InChI is InChI=1S/C18H23BrN2O3/c1-6-21(10-15(22)20-18(3,4)5)17(23)16-11(2)13-9-12(19)7-8-14(13)24-16/h7-9H,6,10H2,1-5H3,(H,20,22). The average molecular weight is 395 g/mol. The Kier molecular flexibility index (Phi) is 5.38. The maximum absolute atomic E-state index is 12.8. The van der Waals surface area contributed by atoms with Crippen molar-refractivity contribution in [1.82, 2.24) is 10.2 Å². The molecular formula is C18H23BrN2O3. The number of amides is 2. The van der Waals surface area contributed by atoms with E-state index in [4.69, 9.17) is 4.42 Å². The maximum atomic E-state index is 12.8. The molecule has 0 unspecified atom stereocenters. The van der Waals surface area contributed by atoms with Crippen LogP contribution in [0.1, 0.15) is 43.8 Å². The topological polar surface area (TPSA) is 62.6 Å². The molecule has 0 saturated heterocycles. The Morgan fingerprint density at radius 2 is 1.96 bits per heavy atom. The van der Waals surface area contributed by atoms with Crippen LogP contribution in [-0.4, -0.2) is 35.3 Å². The number of likely N-dealkylation sites (N-methyl/N-ethyl adjacent to an activating group) is 1. The third-order valence-electron chi connectivity index (χ3n) is 3.61. The van der Waals surface area contributed by atoms with Crippen LogP contribution in [-0.2, 0) is 4.79 Å². The Bertz CT molecular complexity index is 774. The Morgan fingerprint density at radius 3 is 2.54 bits per heavy atom. The summed E-state index contributed by atoms with van der Waals surface area (Å²) in [6.07, 6.45) is 0. The second-order valence-electron chi connectivity index (χ2n) is 6.81. The van der Waals surface area contributed by atoms with E-state index >= 15 is 0 Å². The Hall–Kier alpha value is -1.82. The van der Waals surface area contributed by atoms with E-state index in [-0.39, 0.29) is 29.7 Å². The van der Waals surface area contributed by atoms with E-state index in [1.807, 2.05) is 52.8 Å². The number of hydrogen-bond donors (Lipinski definition) is 1. The van der Waals surface area contributed by atoms with Crippen molar-refractivity contribution < 1.29 is 14.0 Å². The smallest absolute Gasteiger partial charge is 0.290 e. The molecule has 6 heteroatoms. The molecule has 0 aliphatic carbocycles. The molecule has 2 amide bonds. The molecule has 0 saturated carbocycles. The lowest BCUT2D eigenvalue weighted by atomic mass is 10.1. The molecular weight excluding hydrogens is 372 g/mol. The number of halogens is 1. The lowest BCUT2D eigenvalue weighted by Crippen LogP contribution is -2.47. The molecule has 5 nitrogen and oxygen atoms in total. The van der Waals surface area contributed by atoms with Gasteiger partial charge in [-0.25, -0.2) is 0 Å². The number of carbonyl (C=O) groups is 2. The van der Waals surface area contributed by atoms with Crippen LogP contribution in [0.2, 0.25) is 0 Å². The van der Waals surface area contributed by atoms with Gasteiger partial charge in [-0.3, -0.25) is 9.59 Å². The Balaban J connectivity index is 2.25. The summed E-state index contributed by atoms with van der Waals surface area (Å²) in [5.41, 5.74) is 1.11. The van der Waals surface area contributed by atoms with Gasteiger partial charge in [-0.2, -0.15) is 0 Å². The Morgan fingerprint density at radius 1 is 1.29 bits per heavy atom. The summed E-state index contributed by atoms with van der Waals surface area (Å²) in [7, 11) is 0. The molecule has 0 aliphatic rings. The van der Waals surface area contributed by atoms with Gasteiger partial charge in [0, 0.05) is 27.5 Å². The number of nitrogens with zero attached hydrogens (tertiary/aromatic N) is 1. The van der Waals surface area contributed by atoms with Gasteiger partial charge in [0.2, 0.25) is 5.91 Å². The second-order valence-corrected chi connectivity index (χ2v) is 7.73.